The van der Waals surface area contributed by atoms with E-state index in [9.17, 15) is 0 Å². The van der Waals surface area contributed by atoms with Gasteiger partial charge < -0.3 is 4.74 Å². The lowest BCUT2D eigenvalue weighted by molar-refractivity contribution is -0.606. The largest absolute Gasteiger partial charge is 0.458 e. The molecule has 0 aliphatic heterocycles. The molecule has 0 spiro atoms. The minimum absolute atomic E-state index is 0.0152. The summed E-state index contributed by atoms with van der Waals surface area (Å²) < 4.78 is 13.6. The average Bonchev–Trinajstić information content (AvgIpc) is 3.76. The zero-order valence-corrected chi connectivity index (χ0v) is 36.8. The van der Waals surface area contributed by atoms with Crippen molar-refractivity contribution in [1.82, 2.24) is 14.1 Å². The second kappa shape index (κ2) is 15.1. The Kier molecular flexibility index (Phi) is 9.82. The Morgan fingerprint density at radius 1 is 0.525 bits per heavy atom. The molecule has 0 aliphatic rings. The molecular weight excluding hydrogens is 745 g/mol. The molecule has 0 saturated heterocycles. The normalized spacial score (nSPS) is 12.3. The van der Waals surface area contributed by atoms with E-state index < -0.39 is 0 Å². The molecule has 0 N–H and O–H groups in total. The highest BCUT2D eigenvalue weighted by atomic mass is 16.5. The van der Waals surface area contributed by atoms with Gasteiger partial charge in [0, 0.05) is 33.9 Å². The van der Waals surface area contributed by atoms with Crippen molar-refractivity contribution in [3.63, 3.8) is 0 Å². The monoisotopic (exact) mass is 798 g/mol. The van der Waals surface area contributed by atoms with Crippen molar-refractivity contribution in [3.05, 3.63) is 209 Å². The molecule has 0 amide bonds. The van der Waals surface area contributed by atoms with Crippen molar-refractivity contribution in [2.45, 2.75) is 78.6 Å². The first-order valence-corrected chi connectivity index (χ1v) is 21.3. The minimum Gasteiger partial charge on any atom is -0.458 e. The third-order valence-electron chi connectivity index (χ3n) is 12.8. The Bertz CT molecular complexity index is 3040. The van der Waals surface area contributed by atoms with Crippen molar-refractivity contribution < 1.29 is 9.30 Å². The fraction of sp³-hybridized carbons (Fsp3) is 0.214. The summed E-state index contributed by atoms with van der Waals surface area (Å²) in [6.45, 7) is 20.2. The number of imidazole rings is 1. The highest BCUT2D eigenvalue weighted by Crippen LogP contribution is 2.39. The van der Waals surface area contributed by atoms with E-state index in [1.807, 2.05) is 6.20 Å². The lowest BCUT2D eigenvalue weighted by Crippen LogP contribution is -2.32. The van der Waals surface area contributed by atoms with Crippen LogP contribution in [0.25, 0.3) is 39.0 Å². The zero-order valence-electron chi connectivity index (χ0n) is 36.8. The van der Waals surface area contributed by atoms with Gasteiger partial charge in [-0.1, -0.05) is 139 Å². The van der Waals surface area contributed by atoms with Crippen molar-refractivity contribution in [2.24, 2.45) is 0 Å². The highest BCUT2D eigenvalue weighted by Gasteiger charge is 2.27. The van der Waals surface area contributed by atoms with Crippen LogP contribution in [0.15, 0.2) is 164 Å². The molecule has 0 aliphatic carbocycles. The lowest BCUT2D eigenvalue weighted by Gasteiger charge is -2.27. The van der Waals surface area contributed by atoms with Crippen LogP contribution in [-0.4, -0.2) is 14.1 Å². The summed E-state index contributed by atoms with van der Waals surface area (Å²) in [6.07, 6.45) is 5.65. The van der Waals surface area contributed by atoms with E-state index in [0.717, 1.165) is 62.1 Å². The maximum absolute atomic E-state index is 6.96. The Balaban J connectivity index is 1.14. The van der Waals surface area contributed by atoms with Crippen LogP contribution in [0.1, 0.15) is 87.7 Å². The number of hydrogen-bond donors (Lipinski definition) is 0. The van der Waals surface area contributed by atoms with Gasteiger partial charge in [-0.05, 0) is 108 Å². The quantitative estimate of drug-likeness (QED) is 0.108. The maximum Gasteiger partial charge on any atom is 0.269 e. The minimum atomic E-state index is -0.317. The van der Waals surface area contributed by atoms with Crippen LogP contribution in [0.4, 0.5) is 0 Å². The molecule has 0 atom stereocenters. The first-order valence-electron chi connectivity index (χ1n) is 21.3. The second-order valence-electron chi connectivity index (χ2n) is 18.5. The van der Waals surface area contributed by atoms with Crippen LogP contribution in [0, 0.1) is 20.2 Å². The van der Waals surface area contributed by atoms with Crippen LogP contribution in [0.3, 0.4) is 0 Å². The first-order chi connectivity index (χ1) is 29.2. The first kappa shape index (κ1) is 39.7. The molecule has 3 heterocycles. The number of hydrogen-bond acceptors (Lipinski definition) is 2. The molecule has 0 fully saturated rings. The molecule has 9 rings (SSSR count). The summed E-state index contributed by atoms with van der Waals surface area (Å²) in [5, 5.41) is 2.33. The topological polar surface area (TPSA) is 35.9 Å². The number of para-hydroxylation sites is 1. The van der Waals surface area contributed by atoms with Gasteiger partial charge in [0.15, 0.2) is 0 Å². The van der Waals surface area contributed by atoms with Crippen LogP contribution in [0.5, 0.6) is 11.5 Å². The summed E-state index contributed by atoms with van der Waals surface area (Å²) in [6, 6.07) is 56.3. The van der Waals surface area contributed by atoms with Gasteiger partial charge in [0.05, 0.1) is 33.8 Å². The van der Waals surface area contributed by atoms with Gasteiger partial charge in [0.2, 0.25) is 0 Å². The Morgan fingerprint density at radius 2 is 1.13 bits per heavy atom. The summed E-state index contributed by atoms with van der Waals surface area (Å²) in [4.78, 5) is 4.90. The summed E-state index contributed by atoms with van der Waals surface area (Å²) in [7, 11) is 0. The highest BCUT2D eigenvalue weighted by molar-refractivity contribution is 6.09. The standard InChI is InChI=1S/C56H54N4O/c1-38-39(2)59(37-58(38)45-26-24-42(25-27-45)55(6,7)40-18-12-10-13-19-40)46-32-44(56(8,9)41-20-14-11-15-21-41)33-48(35-46)61-47-28-29-50-49-22-16-17-23-51(49)60(52(50)36-47)53-34-43(30-31-57-53)54(3,4)5/h10-36H,1-9H3. The van der Waals surface area contributed by atoms with Crippen molar-refractivity contribution >= 4 is 21.8 Å². The van der Waals surface area contributed by atoms with Crippen molar-refractivity contribution in [1.29, 1.82) is 0 Å². The Labute approximate surface area is 360 Å². The molecule has 5 nitrogen and oxygen atoms in total. The van der Waals surface area contributed by atoms with E-state index >= 15 is 0 Å². The molecule has 0 radical (unpaired) electrons. The van der Waals surface area contributed by atoms with Gasteiger partial charge in [-0.2, -0.15) is 0 Å². The summed E-state index contributed by atoms with van der Waals surface area (Å²) >= 11 is 0. The molecule has 5 heteroatoms. The molecule has 3 aromatic heterocycles. The van der Waals surface area contributed by atoms with Gasteiger partial charge >= 0.3 is 0 Å². The van der Waals surface area contributed by atoms with Gasteiger partial charge in [-0.25, -0.2) is 4.98 Å². The van der Waals surface area contributed by atoms with E-state index in [0.29, 0.717) is 0 Å². The van der Waals surface area contributed by atoms with Crippen LogP contribution in [0.2, 0.25) is 0 Å². The molecule has 6 aromatic carbocycles. The zero-order chi connectivity index (χ0) is 42.7. The van der Waals surface area contributed by atoms with Crippen LogP contribution in [-0.2, 0) is 16.2 Å². The molecule has 61 heavy (non-hydrogen) atoms. The predicted molar refractivity (Wildman–Crippen MR) is 250 cm³/mol. The summed E-state index contributed by atoms with van der Waals surface area (Å²) in [5.41, 5.74) is 12.1. The third kappa shape index (κ3) is 7.22. The fourth-order valence-electron chi connectivity index (χ4n) is 8.68. The van der Waals surface area contributed by atoms with Crippen molar-refractivity contribution in [3.8, 4) is 28.7 Å². The molecule has 9 aromatic rings. The third-order valence-corrected chi connectivity index (χ3v) is 12.8. The number of aromatic nitrogens is 4. The van der Waals surface area contributed by atoms with Gasteiger partial charge in [0.1, 0.15) is 17.3 Å². The Morgan fingerprint density at radius 3 is 1.80 bits per heavy atom. The van der Waals surface area contributed by atoms with E-state index in [-0.39, 0.29) is 16.2 Å². The van der Waals surface area contributed by atoms with Gasteiger partial charge in [0.25, 0.3) is 6.33 Å². The number of ether oxygens (including phenoxy) is 1. The predicted octanol–water partition coefficient (Wildman–Crippen LogP) is 13.4. The molecular formula is C56H54N4O. The van der Waals surface area contributed by atoms with Crippen LogP contribution < -0.4 is 9.30 Å². The van der Waals surface area contributed by atoms with E-state index in [1.54, 1.807) is 0 Å². The summed E-state index contributed by atoms with van der Waals surface area (Å²) in [5.74, 6) is 2.40. The smallest absolute Gasteiger partial charge is 0.269 e. The Hall–Kier alpha value is -6.72. The number of pyridine rings is 1. The number of nitrogens with zero attached hydrogens (tertiary/aromatic N) is 4. The average molecular weight is 799 g/mol. The number of rotatable bonds is 9. The molecule has 0 unspecified atom stereocenters. The second-order valence-corrected chi connectivity index (χ2v) is 18.5. The van der Waals surface area contributed by atoms with E-state index in [1.165, 1.54) is 27.6 Å². The number of fused-ring (bicyclic) bond motifs is 3. The molecule has 0 bridgehead atoms. The van der Waals surface area contributed by atoms with E-state index in [2.05, 4.69) is 240 Å². The SMILES string of the molecule is Cc1c(C)[n+](-c2ccc(C(C)(C)c3ccccc3)cc2)[c-]n1-c1cc(Oc2ccc3c4ccccc4n(-c4cc(C(C)(C)C)ccn4)c3c2)cc(C(C)(C)c2ccccc2)c1. The van der Waals surface area contributed by atoms with Crippen molar-refractivity contribution in [2.75, 3.05) is 0 Å². The number of benzene rings is 6. The van der Waals surface area contributed by atoms with Gasteiger partial charge in [-0.15, -0.1) is 0 Å². The van der Waals surface area contributed by atoms with E-state index in [4.69, 9.17) is 9.72 Å². The van der Waals surface area contributed by atoms with Gasteiger partial charge in [-0.3, -0.25) is 13.7 Å². The maximum atomic E-state index is 6.96. The molecule has 0 saturated carbocycles. The fourth-order valence-corrected chi connectivity index (χ4v) is 8.68. The van der Waals surface area contributed by atoms with Crippen LogP contribution >= 0.6 is 0 Å². The lowest BCUT2D eigenvalue weighted by atomic mass is 9.78. The molecule has 304 valence electrons.